The van der Waals surface area contributed by atoms with Crippen LogP contribution in [0.15, 0.2) is 17.5 Å². The van der Waals surface area contributed by atoms with E-state index in [4.69, 9.17) is 0 Å². The summed E-state index contributed by atoms with van der Waals surface area (Å²) in [7, 11) is 1.80. The lowest BCUT2D eigenvalue weighted by Gasteiger charge is -2.10. The van der Waals surface area contributed by atoms with Gasteiger partial charge in [0.2, 0.25) is 5.91 Å². The minimum absolute atomic E-state index is 0.0444. The highest BCUT2D eigenvalue weighted by Gasteiger charge is 2.26. The van der Waals surface area contributed by atoms with E-state index in [0.717, 1.165) is 11.4 Å². The molecule has 1 aromatic rings. The van der Waals surface area contributed by atoms with Crippen LogP contribution in [0.5, 0.6) is 0 Å². The molecule has 5 heteroatoms. The first-order valence-electron chi connectivity index (χ1n) is 5.22. The molecular formula is C11H14N2O2S. The maximum atomic E-state index is 11.6. The third kappa shape index (κ3) is 2.41. The molecule has 1 aliphatic rings. The van der Waals surface area contributed by atoms with Crippen LogP contribution < -0.4 is 5.32 Å². The molecule has 4 nitrogen and oxygen atoms in total. The van der Waals surface area contributed by atoms with Crippen LogP contribution in [0.25, 0.3) is 0 Å². The van der Waals surface area contributed by atoms with E-state index >= 15 is 0 Å². The lowest BCUT2D eigenvalue weighted by Crippen LogP contribution is -2.29. The first kappa shape index (κ1) is 11.1. The quantitative estimate of drug-likeness (QED) is 0.852. The Kier molecular flexibility index (Phi) is 3.24. The minimum Gasteiger partial charge on any atom is -0.351 e. The van der Waals surface area contributed by atoms with Crippen LogP contribution in [-0.2, 0) is 4.79 Å². The number of carbonyl (C=O) groups excluding carboxylic acids is 2. The highest BCUT2D eigenvalue weighted by molar-refractivity contribution is 7.12. The predicted octanol–water partition coefficient (Wildman–Crippen LogP) is 0.956. The van der Waals surface area contributed by atoms with Gasteiger partial charge in [0.05, 0.1) is 4.88 Å². The van der Waals surface area contributed by atoms with E-state index in [0.29, 0.717) is 13.0 Å². The maximum absolute atomic E-state index is 11.6. The van der Waals surface area contributed by atoms with Crippen molar-refractivity contribution in [3.05, 3.63) is 22.4 Å². The van der Waals surface area contributed by atoms with Crippen LogP contribution in [0.2, 0.25) is 0 Å². The Bertz CT molecular complexity index is 389. The summed E-state index contributed by atoms with van der Waals surface area (Å²) < 4.78 is 0. The topological polar surface area (TPSA) is 49.4 Å². The molecule has 1 atom stereocenters. The van der Waals surface area contributed by atoms with Crippen molar-refractivity contribution in [1.82, 2.24) is 10.2 Å². The molecule has 1 fully saturated rings. The van der Waals surface area contributed by atoms with Crippen LogP contribution in [0, 0.1) is 5.92 Å². The molecule has 16 heavy (non-hydrogen) atoms. The molecule has 0 saturated carbocycles. The second-order valence-electron chi connectivity index (χ2n) is 4.03. The SMILES string of the molecule is CN1CC(CNC(=O)c2cccs2)CC1=O. The van der Waals surface area contributed by atoms with Crippen molar-refractivity contribution in [2.24, 2.45) is 5.92 Å². The molecule has 0 spiro atoms. The monoisotopic (exact) mass is 238 g/mol. The summed E-state index contributed by atoms with van der Waals surface area (Å²) in [5.41, 5.74) is 0. The zero-order valence-corrected chi connectivity index (χ0v) is 9.92. The predicted molar refractivity (Wildman–Crippen MR) is 62.4 cm³/mol. The van der Waals surface area contributed by atoms with E-state index in [1.807, 2.05) is 11.4 Å². The van der Waals surface area contributed by atoms with Crippen molar-refractivity contribution in [2.45, 2.75) is 6.42 Å². The van der Waals surface area contributed by atoms with Crippen LogP contribution in [0.3, 0.4) is 0 Å². The van der Waals surface area contributed by atoms with Gasteiger partial charge in [0, 0.05) is 32.5 Å². The fourth-order valence-corrected chi connectivity index (χ4v) is 2.47. The van der Waals surface area contributed by atoms with E-state index < -0.39 is 0 Å². The lowest BCUT2D eigenvalue weighted by molar-refractivity contribution is -0.126. The zero-order chi connectivity index (χ0) is 11.5. The van der Waals surface area contributed by atoms with Crippen molar-refractivity contribution < 1.29 is 9.59 Å². The lowest BCUT2D eigenvalue weighted by atomic mass is 10.1. The largest absolute Gasteiger partial charge is 0.351 e. The number of likely N-dealkylation sites (tertiary alicyclic amines) is 1. The van der Waals surface area contributed by atoms with Gasteiger partial charge in [-0.05, 0) is 11.4 Å². The van der Waals surface area contributed by atoms with E-state index in [1.165, 1.54) is 11.3 Å². The molecule has 2 heterocycles. The van der Waals surface area contributed by atoms with Gasteiger partial charge >= 0.3 is 0 Å². The summed E-state index contributed by atoms with van der Waals surface area (Å²) >= 11 is 1.43. The van der Waals surface area contributed by atoms with E-state index in [9.17, 15) is 9.59 Å². The van der Waals surface area contributed by atoms with Gasteiger partial charge in [0.25, 0.3) is 5.91 Å². The number of hydrogen-bond acceptors (Lipinski definition) is 3. The van der Waals surface area contributed by atoms with Crippen molar-refractivity contribution >= 4 is 23.2 Å². The summed E-state index contributed by atoms with van der Waals surface area (Å²) in [5.74, 6) is 0.369. The van der Waals surface area contributed by atoms with Gasteiger partial charge in [0.1, 0.15) is 0 Å². The maximum Gasteiger partial charge on any atom is 0.261 e. The first-order valence-corrected chi connectivity index (χ1v) is 6.10. The van der Waals surface area contributed by atoms with Crippen LogP contribution in [-0.4, -0.2) is 36.9 Å². The summed E-state index contributed by atoms with van der Waals surface area (Å²) in [6.07, 6.45) is 0.543. The van der Waals surface area contributed by atoms with Gasteiger partial charge in [-0.25, -0.2) is 0 Å². The molecule has 0 aromatic carbocycles. The van der Waals surface area contributed by atoms with Crippen molar-refractivity contribution in [2.75, 3.05) is 20.1 Å². The summed E-state index contributed by atoms with van der Waals surface area (Å²) in [5, 5.41) is 4.74. The number of nitrogens with one attached hydrogen (secondary N) is 1. The fraction of sp³-hybridized carbons (Fsp3) is 0.455. The Morgan fingerprint density at radius 1 is 1.69 bits per heavy atom. The fourth-order valence-electron chi connectivity index (χ4n) is 1.83. The Labute approximate surface area is 98.3 Å². The number of rotatable bonds is 3. The Balaban J connectivity index is 1.80. The third-order valence-corrected chi connectivity index (χ3v) is 3.59. The number of nitrogens with zero attached hydrogens (tertiary/aromatic N) is 1. The van der Waals surface area contributed by atoms with Gasteiger partial charge in [-0.15, -0.1) is 11.3 Å². The molecule has 1 aromatic heterocycles. The molecule has 0 radical (unpaired) electrons. The van der Waals surface area contributed by atoms with Crippen molar-refractivity contribution in [1.29, 1.82) is 0 Å². The second kappa shape index (κ2) is 4.65. The highest BCUT2D eigenvalue weighted by Crippen LogP contribution is 2.15. The smallest absolute Gasteiger partial charge is 0.261 e. The van der Waals surface area contributed by atoms with Gasteiger partial charge < -0.3 is 10.2 Å². The van der Waals surface area contributed by atoms with Crippen molar-refractivity contribution in [3.63, 3.8) is 0 Å². The highest BCUT2D eigenvalue weighted by atomic mass is 32.1. The molecule has 1 N–H and O–H groups in total. The minimum atomic E-state index is -0.0444. The number of amides is 2. The first-order chi connectivity index (χ1) is 7.66. The average Bonchev–Trinajstić information content (AvgIpc) is 2.86. The van der Waals surface area contributed by atoms with Crippen LogP contribution in [0.4, 0.5) is 0 Å². The second-order valence-corrected chi connectivity index (χ2v) is 4.98. The van der Waals surface area contributed by atoms with Gasteiger partial charge in [0.15, 0.2) is 0 Å². The Morgan fingerprint density at radius 2 is 2.50 bits per heavy atom. The molecule has 1 saturated heterocycles. The van der Waals surface area contributed by atoms with Gasteiger partial charge in [-0.2, -0.15) is 0 Å². The molecule has 2 rings (SSSR count). The van der Waals surface area contributed by atoms with Crippen LogP contribution in [0.1, 0.15) is 16.1 Å². The third-order valence-electron chi connectivity index (χ3n) is 2.72. The van der Waals surface area contributed by atoms with Crippen LogP contribution >= 0.6 is 11.3 Å². The number of thiophene rings is 1. The molecule has 2 amide bonds. The Morgan fingerprint density at radius 3 is 3.06 bits per heavy atom. The van der Waals surface area contributed by atoms with E-state index in [1.54, 1.807) is 18.0 Å². The van der Waals surface area contributed by atoms with E-state index in [-0.39, 0.29) is 17.7 Å². The Hall–Kier alpha value is -1.36. The van der Waals surface area contributed by atoms with Gasteiger partial charge in [-0.1, -0.05) is 6.07 Å². The van der Waals surface area contributed by atoms with E-state index in [2.05, 4.69) is 5.32 Å². The summed E-state index contributed by atoms with van der Waals surface area (Å²) in [6, 6.07) is 3.65. The number of carbonyl (C=O) groups is 2. The average molecular weight is 238 g/mol. The normalized spacial score (nSPS) is 20.2. The molecule has 0 aliphatic carbocycles. The summed E-state index contributed by atoms with van der Waals surface area (Å²) in [6.45, 7) is 1.32. The standard InChI is InChI=1S/C11H14N2O2S/c1-13-7-8(5-10(13)14)6-12-11(15)9-3-2-4-16-9/h2-4,8H,5-7H2,1H3,(H,12,15). The zero-order valence-electron chi connectivity index (χ0n) is 9.10. The van der Waals surface area contributed by atoms with Crippen molar-refractivity contribution in [3.8, 4) is 0 Å². The molecule has 1 aliphatic heterocycles. The molecule has 86 valence electrons. The number of hydrogen-bond donors (Lipinski definition) is 1. The summed E-state index contributed by atoms with van der Waals surface area (Å²) in [4.78, 5) is 25.3. The molecular weight excluding hydrogens is 224 g/mol. The molecule has 0 bridgehead atoms. The molecule has 1 unspecified atom stereocenters. The van der Waals surface area contributed by atoms with Gasteiger partial charge in [-0.3, -0.25) is 9.59 Å².